The number of hydrogen-bond donors (Lipinski definition) is 0. The third-order valence-corrected chi connectivity index (χ3v) is 2.77. The lowest BCUT2D eigenvalue weighted by Crippen LogP contribution is -2.01. The third kappa shape index (κ3) is 1.92. The van der Waals surface area contributed by atoms with E-state index in [2.05, 4.69) is 10.2 Å². The van der Waals surface area contributed by atoms with Gasteiger partial charge < -0.3 is 4.42 Å². The quantitative estimate of drug-likeness (QED) is 0.517. The van der Waals surface area contributed by atoms with Gasteiger partial charge in [-0.2, -0.15) is 15.0 Å². The molecule has 0 N–H and O–H groups in total. The van der Waals surface area contributed by atoms with E-state index in [-0.39, 0.29) is 27.8 Å². The summed E-state index contributed by atoms with van der Waals surface area (Å²) in [5, 5.41) is 18.8. The van der Waals surface area contributed by atoms with E-state index in [9.17, 15) is 14.9 Å². The van der Waals surface area contributed by atoms with E-state index in [1.807, 2.05) is 0 Å². The Morgan fingerprint density at radius 1 is 1.35 bits per heavy atom. The molecule has 0 amide bonds. The van der Waals surface area contributed by atoms with Crippen molar-refractivity contribution in [3.05, 3.63) is 50.8 Å². The van der Waals surface area contributed by atoms with Gasteiger partial charge in [0.1, 0.15) is 11.3 Å². The highest BCUT2D eigenvalue weighted by Gasteiger charge is 2.13. The summed E-state index contributed by atoms with van der Waals surface area (Å²) in [5.74, 6) is 0.268. The number of nitrogens with zero attached hydrogens (tertiary/aromatic N) is 4. The van der Waals surface area contributed by atoms with Crippen molar-refractivity contribution in [2.75, 3.05) is 0 Å². The first-order valence-electron chi connectivity index (χ1n) is 5.63. The Bertz CT molecular complexity index is 881. The van der Waals surface area contributed by atoms with Crippen molar-refractivity contribution < 1.29 is 9.34 Å². The number of fused-ring (bicyclic) bond motifs is 1. The van der Waals surface area contributed by atoms with E-state index in [1.165, 1.54) is 35.3 Å². The molecule has 3 rings (SSSR count). The summed E-state index contributed by atoms with van der Waals surface area (Å²) in [6, 6.07) is 5.12. The fourth-order valence-corrected chi connectivity index (χ4v) is 1.84. The molecule has 8 heteroatoms. The average molecular weight is 272 g/mol. The van der Waals surface area contributed by atoms with Crippen molar-refractivity contribution >= 4 is 16.7 Å². The highest BCUT2D eigenvalue weighted by atomic mass is 16.6. The number of nitro benzene ring substituents is 1. The zero-order valence-electron chi connectivity index (χ0n) is 10.3. The van der Waals surface area contributed by atoms with Crippen LogP contribution in [0.25, 0.3) is 22.4 Å². The van der Waals surface area contributed by atoms with E-state index < -0.39 is 4.92 Å². The van der Waals surface area contributed by atoms with Crippen molar-refractivity contribution in [2.24, 2.45) is 7.05 Å². The van der Waals surface area contributed by atoms with Crippen LogP contribution >= 0.6 is 0 Å². The van der Waals surface area contributed by atoms with Gasteiger partial charge in [0.2, 0.25) is 0 Å². The lowest BCUT2D eigenvalue weighted by Gasteiger charge is -2.00. The molecular formula is C12H8N4O4. The van der Waals surface area contributed by atoms with Crippen LogP contribution in [0.4, 0.5) is 5.69 Å². The van der Waals surface area contributed by atoms with Crippen molar-refractivity contribution in [2.45, 2.75) is 0 Å². The van der Waals surface area contributed by atoms with E-state index in [4.69, 9.17) is 4.42 Å². The van der Waals surface area contributed by atoms with Gasteiger partial charge in [0.05, 0.1) is 16.5 Å². The molecule has 0 atom stereocenters. The van der Waals surface area contributed by atoms with Crippen molar-refractivity contribution in [3.8, 4) is 11.5 Å². The Morgan fingerprint density at radius 3 is 2.80 bits per heavy atom. The topological polar surface area (TPSA) is 104 Å². The Kier molecular flexibility index (Phi) is 2.56. The molecule has 2 aromatic heterocycles. The van der Waals surface area contributed by atoms with Gasteiger partial charge in [-0.05, 0) is 6.07 Å². The molecule has 1 aromatic carbocycles. The predicted molar refractivity (Wildman–Crippen MR) is 69.1 cm³/mol. The summed E-state index contributed by atoms with van der Waals surface area (Å²) in [5.41, 5.74) is 0.168. The van der Waals surface area contributed by atoms with Gasteiger partial charge in [0.15, 0.2) is 11.2 Å². The lowest BCUT2D eigenvalue weighted by molar-refractivity contribution is -0.384. The summed E-state index contributed by atoms with van der Waals surface area (Å²) in [6.45, 7) is 0. The maximum Gasteiger partial charge on any atom is 0.270 e. The van der Waals surface area contributed by atoms with E-state index >= 15 is 0 Å². The summed E-state index contributed by atoms with van der Waals surface area (Å²) in [4.78, 5) is 23.5. The van der Waals surface area contributed by atoms with Gasteiger partial charge in [-0.25, -0.2) is 0 Å². The highest BCUT2D eigenvalue weighted by molar-refractivity contribution is 5.80. The average Bonchev–Trinajstić information content (AvgIpc) is 2.85. The second-order valence-corrected chi connectivity index (χ2v) is 4.13. The van der Waals surface area contributed by atoms with Crippen LogP contribution < -0.4 is 5.43 Å². The largest absolute Gasteiger partial charge is 0.454 e. The first kappa shape index (κ1) is 12.0. The van der Waals surface area contributed by atoms with Crippen LogP contribution in [-0.2, 0) is 7.05 Å². The van der Waals surface area contributed by atoms with Crippen LogP contribution in [-0.4, -0.2) is 19.9 Å². The molecule has 0 aliphatic carbocycles. The Labute approximate surface area is 111 Å². The van der Waals surface area contributed by atoms with Gasteiger partial charge in [-0.1, -0.05) is 0 Å². The number of aryl methyl sites for hydroxylation is 1. The second-order valence-electron chi connectivity index (χ2n) is 4.13. The number of non-ortho nitro benzene ring substituents is 1. The first-order valence-corrected chi connectivity index (χ1v) is 5.63. The van der Waals surface area contributed by atoms with Crippen LogP contribution in [0, 0.1) is 10.1 Å². The molecule has 0 fully saturated rings. The fourth-order valence-electron chi connectivity index (χ4n) is 1.84. The predicted octanol–water partition coefficient (Wildman–Crippen LogP) is 1.50. The molecule has 2 heterocycles. The normalized spacial score (nSPS) is 10.8. The van der Waals surface area contributed by atoms with E-state index in [0.717, 1.165) is 0 Å². The molecule has 0 radical (unpaired) electrons. The van der Waals surface area contributed by atoms with Gasteiger partial charge in [-0.3, -0.25) is 14.9 Å². The van der Waals surface area contributed by atoms with Gasteiger partial charge in [0, 0.05) is 25.2 Å². The number of benzene rings is 1. The number of rotatable bonds is 2. The molecule has 3 aromatic rings. The minimum atomic E-state index is -0.560. The van der Waals surface area contributed by atoms with Crippen molar-refractivity contribution in [3.63, 3.8) is 0 Å². The van der Waals surface area contributed by atoms with E-state index in [1.54, 1.807) is 7.05 Å². The molecule has 20 heavy (non-hydrogen) atoms. The van der Waals surface area contributed by atoms with Crippen LogP contribution in [0.15, 0.2) is 39.7 Å². The number of aromatic nitrogens is 3. The molecule has 0 saturated heterocycles. The number of nitro groups is 1. The van der Waals surface area contributed by atoms with Gasteiger partial charge in [-0.15, -0.1) is 0 Å². The Balaban J connectivity index is 2.23. The minimum absolute atomic E-state index is 0.156. The van der Waals surface area contributed by atoms with Crippen LogP contribution in [0.5, 0.6) is 0 Å². The third-order valence-electron chi connectivity index (χ3n) is 2.77. The summed E-state index contributed by atoms with van der Waals surface area (Å²) >= 11 is 0. The molecular weight excluding hydrogens is 264 g/mol. The summed E-state index contributed by atoms with van der Waals surface area (Å²) in [7, 11) is 1.64. The summed E-state index contributed by atoms with van der Waals surface area (Å²) in [6.07, 6.45) is 1.47. The number of hydrogen-bond acceptors (Lipinski definition) is 6. The maximum absolute atomic E-state index is 12.0. The second kappa shape index (κ2) is 4.26. The highest BCUT2D eigenvalue weighted by Crippen LogP contribution is 2.22. The lowest BCUT2D eigenvalue weighted by atomic mass is 10.2. The zero-order chi connectivity index (χ0) is 14.3. The molecule has 8 nitrogen and oxygen atoms in total. The molecule has 0 bridgehead atoms. The van der Waals surface area contributed by atoms with Crippen LogP contribution in [0.3, 0.4) is 0 Å². The fraction of sp³-hybridized carbons (Fsp3) is 0.0833. The van der Waals surface area contributed by atoms with Crippen molar-refractivity contribution in [1.29, 1.82) is 0 Å². The molecule has 0 saturated carbocycles. The van der Waals surface area contributed by atoms with Gasteiger partial charge in [0.25, 0.3) is 5.69 Å². The first-order chi connectivity index (χ1) is 9.54. The molecule has 0 aliphatic rings. The van der Waals surface area contributed by atoms with Crippen molar-refractivity contribution in [1.82, 2.24) is 15.0 Å². The van der Waals surface area contributed by atoms with Crippen LogP contribution in [0.1, 0.15) is 0 Å². The standard InChI is InChI=1S/C12H8N4O4/c1-15-13-6-9(14-15)12-5-10(17)8-4-7(16(18)19)2-3-11(8)20-12/h2-6H,1H3. The molecule has 100 valence electrons. The Hall–Kier alpha value is -3.03. The monoisotopic (exact) mass is 272 g/mol. The Morgan fingerprint density at radius 2 is 2.15 bits per heavy atom. The molecule has 0 spiro atoms. The maximum atomic E-state index is 12.0. The SMILES string of the molecule is Cn1ncc(-c2cc(=O)c3cc([N+](=O)[O-])ccc3o2)n1. The molecule has 0 unspecified atom stereocenters. The zero-order valence-corrected chi connectivity index (χ0v) is 10.3. The van der Waals surface area contributed by atoms with Gasteiger partial charge >= 0.3 is 0 Å². The summed E-state index contributed by atoms with van der Waals surface area (Å²) < 4.78 is 5.54. The van der Waals surface area contributed by atoms with Crippen LogP contribution in [0.2, 0.25) is 0 Å². The molecule has 0 aliphatic heterocycles. The van der Waals surface area contributed by atoms with E-state index in [0.29, 0.717) is 5.69 Å². The minimum Gasteiger partial charge on any atom is -0.454 e. The smallest absolute Gasteiger partial charge is 0.270 e.